The lowest BCUT2D eigenvalue weighted by Crippen LogP contribution is -2.53. The number of rotatable bonds is 1. The first-order chi connectivity index (χ1) is 12.7. The lowest BCUT2D eigenvalue weighted by Gasteiger charge is -2.43. The van der Waals surface area contributed by atoms with Crippen molar-refractivity contribution < 1.29 is 14.6 Å². The van der Waals surface area contributed by atoms with E-state index in [0.29, 0.717) is 29.6 Å². The number of nitriles is 1. The minimum atomic E-state index is -1.08. The average Bonchev–Trinajstić information content (AvgIpc) is 3.12. The summed E-state index contributed by atoms with van der Waals surface area (Å²) in [6, 6.07) is 1.93. The largest absolute Gasteiger partial charge is 0.444 e. The summed E-state index contributed by atoms with van der Waals surface area (Å²) in [4.78, 5) is 18.7. The Bertz CT molecular complexity index is 925. The zero-order valence-corrected chi connectivity index (χ0v) is 15.7. The van der Waals surface area contributed by atoms with Gasteiger partial charge >= 0.3 is 6.09 Å². The molecular formula is C19H23N5O3. The summed E-state index contributed by atoms with van der Waals surface area (Å²) >= 11 is 0. The summed E-state index contributed by atoms with van der Waals surface area (Å²) in [7, 11) is 0. The third-order valence-corrected chi connectivity index (χ3v) is 5.39. The van der Waals surface area contributed by atoms with Crippen LogP contribution in [-0.2, 0) is 10.3 Å². The molecule has 2 unspecified atom stereocenters. The number of ether oxygens (including phenoxy) is 1. The lowest BCUT2D eigenvalue weighted by atomic mass is 9.82. The van der Waals surface area contributed by atoms with Gasteiger partial charge in [0.15, 0.2) is 5.65 Å². The Morgan fingerprint density at radius 2 is 2.00 bits per heavy atom. The smallest absolute Gasteiger partial charge is 0.410 e. The molecule has 1 amide bonds. The molecule has 27 heavy (non-hydrogen) atoms. The first kappa shape index (κ1) is 17.7. The fraction of sp³-hybridized carbons (Fsp3) is 0.579. The van der Waals surface area contributed by atoms with Crippen molar-refractivity contribution in [2.45, 2.75) is 69.7 Å². The third kappa shape index (κ3) is 3.02. The van der Waals surface area contributed by atoms with Gasteiger partial charge in [-0.3, -0.25) is 0 Å². The Morgan fingerprint density at radius 1 is 1.33 bits per heavy atom. The maximum atomic E-state index is 12.6. The summed E-state index contributed by atoms with van der Waals surface area (Å²) in [5.41, 5.74) is -0.0992. The zero-order chi connectivity index (χ0) is 19.4. The standard InChI is InChI=1S/C19H23N5O3/c1-18(2,3)27-17(25)24-14-4-5-15(24)7-19(26,6-14)13-10-21-16-12(8-20)9-22-23(16)11-13/h9-11,14-15,26H,4-7H2,1-3H3. The van der Waals surface area contributed by atoms with Gasteiger partial charge in [-0.05, 0) is 33.6 Å². The first-order valence-corrected chi connectivity index (χ1v) is 9.18. The summed E-state index contributed by atoms with van der Waals surface area (Å²) < 4.78 is 7.07. The van der Waals surface area contributed by atoms with Crippen LogP contribution >= 0.6 is 0 Å². The highest BCUT2D eigenvalue weighted by Gasteiger charge is 2.51. The topological polar surface area (TPSA) is 104 Å². The second-order valence-electron chi connectivity index (χ2n) is 8.49. The van der Waals surface area contributed by atoms with E-state index in [0.717, 1.165) is 12.8 Å². The van der Waals surface area contributed by atoms with Gasteiger partial charge in [0.05, 0.1) is 11.8 Å². The van der Waals surface area contributed by atoms with E-state index in [1.54, 1.807) is 17.3 Å². The van der Waals surface area contributed by atoms with Crippen LogP contribution in [0, 0.1) is 11.3 Å². The van der Waals surface area contributed by atoms with Gasteiger partial charge in [-0.15, -0.1) is 0 Å². The molecule has 8 nitrogen and oxygen atoms in total. The average molecular weight is 369 g/mol. The molecule has 142 valence electrons. The number of amides is 1. The molecule has 2 fully saturated rings. The number of aromatic nitrogens is 3. The number of fused-ring (bicyclic) bond motifs is 3. The molecule has 0 radical (unpaired) electrons. The molecule has 2 bridgehead atoms. The van der Waals surface area contributed by atoms with Crippen LogP contribution in [0.25, 0.3) is 5.65 Å². The molecule has 2 aromatic heterocycles. The van der Waals surface area contributed by atoms with Gasteiger partial charge in [0.2, 0.25) is 0 Å². The summed E-state index contributed by atoms with van der Waals surface area (Å²) in [6.07, 6.45) is 7.06. The highest BCUT2D eigenvalue weighted by atomic mass is 16.6. The molecule has 4 rings (SSSR count). The van der Waals surface area contributed by atoms with Crippen molar-refractivity contribution in [1.29, 1.82) is 5.26 Å². The van der Waals surface area contributed by atoms with Crippen molar-refractivity contribution in [2.75, 3.05) is 0 Å². The van der Waals surface area contributed by atoms with Gasteiger partial charge in [0.25, 0.3) is 0 Å². The maximum Gasteiger partial charge on any atom is 0.410 e. The van der Waals surface area contributed by atoms with E-state index in [2.05, 4.69) is 16.2 Å². The molecule has 0 saturated carbocycles. The van der Waals surface area contributed by atoms with Gasteiger partial charge in [-0.2, -0.15) is 10.4 Å². The fourth-order valence-corrected chi connectivity index (χ4v) is 4.27. The second-order valence-corrected chi connectivity index (χ2v) is 8.49. The molecule has 0 aliphatic carbocycles. The Balaban J connectivity index is 1.60. The van der Waals surface area contributed by atoms with Crippen molar-refractivity contribution in [1.82, 2.24) is 19.5 Å². The molecule has 2 saturated heterocycles. The van der Waals surface area contributed by atoms with E-state index < -0.39 is 11.2 Å². The van der Waals surface area contributed by atoms with E-state index in [9.17, 15) is 9.90 Å². The minimum Gasteiger partial charge on any atom is -0.444 e. The van der Waals surface area contributed by atoms with Crippen LogP contribution in [0.2, 0.25) is 0 Å². The summed E-state index contributed by atoms with van der Waals surface area (Å²) in [5, 5.41) is 24.6. The van der Waals surface area contributed by atoms with E-state index >= 15 is 0 Å². The predicted molar refractivity (Wildman–Crippen MR) is 95.7 cm³/mol. The number of piperidine rings is 1. The van der Waals surface area contributed by atoms with E-state index in [1.807, 2.05) is 20.8 Å². The van der Waals surface area contributed by atoms with Crippen LogP contribution in [-0.4, -0.2) is 48.4 Å². The number of hydrogen-bond donors (Lipinski definition) is 1. The predicted octanol–water partition coefficient (Wildman–Crippen LogP) is 2.35. The molecule has 8 heteroatoms. The summed E-state index contributed by atoms with van der Waals surface area (Å²) in [5.74, 6) is 0. The van der Waals surface area contributed by atoms with Crippen molar-refractivity contribution in [2.24, 2.45) is 0 Å². The lowest BCUT2D eigenvalue weighted by molar-refractivity contribution is -0.0628. The van der Waals surface area contributed by atoms with Crippen molar-refractivity contribution in [3.63, 3.8) is 0 Å². The van der Waals surface area contributed by atoms with Crippen LogP contribution < -0.4 is 0 Å². The van der Waals surface area contributed by atoms with Crippen LogP contribution in [0.4, 0.5) is 4.79 Å². The molecule has 2 aliphatic heterocycles. The Hall–Kier alpha value is -2.66. The van der Waals surface area contributed by atoms with E-state index in [1.165, 1.54) is 10.7 Å². The molecule has 1 N–H and O–H groups in total. The maximum absolute atomic E-state index is 12.6. The highest BCUT2D eigenvalue weighted by Crippen LogP contribution is 2.46. The number of carbonyl (C=O) groups is 1. The minimum absolute atomic E-state index is 0.0633. The SMILES string of the molecule is CC(C)(C)OC(=O)N1C2CCC1CC(O)(c1cnc3c(C#N)cnn3c1)C2. The van der Waals surface area contributed by atoms with E-state index in [4.69, 9.17) is 10.00 Å². The molecule has 2 aromatic rings. The zero-order valence-electron chi connectivity index (χ0n) is 15.7. The monoisotopic (exact) mass is 369 g/mol. The number of carbonyl (C=O) groups excluding carboxylic acids is 1. The van der Waals surface area contributed by atoms with Crippen LogP contribution in [0.3, 0.4) is 0 Å². The number of hydrogen-bond acceptors (Lipinski definition) is 6. The third-order valence-electron chi connectivity index (χ3n) is 5.39. The molecule has 4 heterocycles. The van der Waals surface area contributed by atoms with Crippen LogP contribution in [0.15, 0.2) is 18.6 Å². The summed E-state index contributed by atoms with van der Waals surface area (Å²) in [6.45, 7) is 5.56. The Morgan fingerprint density at radius 3 is 2.59 bits per heavy atom. The Labute approximate surface area is 157 Å². The normalized spacial score (nSPS) is 27.6. The van der Waals surface area contributed by atoms with Crippen molar-refractivity contribution in [3.05, 3.63) is 29.7 Å². The van der Waals surface area contributed by atoms with Crippen LogP contribution in [0.1, 0.15) is 57.6 Å². The molecular weight excluding hydrogens is 346 g/mol. The number of nitrogens with zero attached hydrogens (tertiary/aromatic N) is 5. The molecule has 2 atom stereocenters. The number of aliphatic hydroxyl groups is 1. The van der Waals surface area contributed by atoms with Gasteiger partial charge in [0, 0.05) is 42.9 Å². The van der Waals surface area contributed by atoms with Crippen LogP contribution in [0.5, 0.6) is 0 Å². The quantitative estimate of drug-likeness (QED) is 0.827. The van der Waals surface area contributed by atoms with E-state index in [-0.39, 0.29) is 18.2 Å². The molecule has 2 aliphatic rings. The second kappa shape index (κ2) is 5.92. The first-order valence-electron chi connectivity index (χ1n) is 9.18. The van der Waals surface area contributed by atoms with Gasteiger partial charge in [-0.1, -0.05) is 0 Å². The van der Waals surface area contributed by atoms with Crippen molar-refractivity contribution in [3.8, 4) is 6.07 Å². The van der Waals surface area contributed by atoms with Gasteiger partial charge in [0.1, 0.15) is 17.2 Å². The Kier molecular flexibility index (Phi) is 3.89. The molecule has 0 spiro atoms. The van der Waals surface area contributed by atoms with Gasteiger partial charge < -0.3 is 14.7 Å². The molecule has 0 aromatic carbocycles. The highest BCUT2D eigenvalue weighted by molar-refractivity contribution is 5.70. The van der Waals surface area contributed by atoms with Gasteiger partial charge in [-0.25, -0.2) is 14.3 Å². The fourth-order valence-electron chi connectivity index (χ4n) is 4.27. The van der Waals surface area contributed by atoms with Crippen molar-refractivity contribution >= 4 is 11.7 Å².